The third-order valence-electron chi connectivity index (χ3n) is 14.9. The Bertz CT molecular complexity index is 2910. The largest absolute Gasteiger partial charge is 0.508 e. The van der Waals surface area contributed by atoms with Gasteiger partial charge < -0.3 is 94.4 Å². The number of aromatic hydroxyl groups is 1. The number of amides is 11. The fourth-order valence-electron chi connectivity index (χ4n) is 10.1. The van der Waals surface area contributed by atoms with Gasteiger partial charge in [0.05, 0.1) is 64.0 Å². The Hall–Kier alpha value is -8.66. The van der Waals surface area contributed by atoms with Crippen molar-refractivity contribution in [2.24, 2.45) is 11.5 Å². The van der Waals surface area contributed by atoms with E-state index in [1.165, 1.54) is 35.1 Å². The Balaban J connectivity index is 1.11. The molecule has 6 rings (SSSR count). The molecule has 4 heterocycles. The molecule has 3 aliphatic rings. The maximum atomic E-state index is 14.8. The summed E-state index contributed by atoms with van der Waals surface area (Å²) in [6.07, 6.45) is 4.62. The normalized spacial score (nSPS) is 23.0. The van der Waals surface area contributed by atoms with Crippen molar-refractivity contribution >= 4 is 76.9 Å². The molecule has 498 valence electrons. The second-order valence-electron chi connectivity index (χ2n) is 22.0. The quantitative estimate of drug-likeness (QED) is 0.0149. The molecule has 1 aromatic heterocycles. The van der Waals surface area contributed by atoms with Crippen molar-refractivity contribution in [1.29, 1.82) is 5.41 Å². The highest BCUT2D eigenvalue weighted by atomic mass is 32.2. The van der Waals surface area contributed by atoms with Crippen LogP contribution in [0.2, 0.25) is 0 Å². The number of guanidine groups is 1. The first kappa shape index (κ1) is 71.4. The van der Waals surface area contributed by atoms with E-state index >= 15 is 0 Å². The maximum Gasteiger partial charge on any atom is 0.315 e. The molecule has 91 heavy (non-hydrogen) atoms. The first-order valence-electron chi connectivity index (χ1n) is 30.3. The first-order valence-corrected chi connectivity index (χ1v) is 31.3. The minimum absolute atomic E-state index is 0.0252. The van der Waals surface area contributed by atoms with Gasteiger partial charge in [-0.05, 0) is 68.2 Å². The van der Waals surface area contributed by atoms with Crippen LogP contribution in [0.5, 0.6) is 5.75 Å². The van der Waals surface area contributed by atoms with Gasteiger partial charge in [0.1, 0.15) is 48.6 Å². The van der Waals surface area contributed by atoms with Gasteiger partial charge in [0.15, 0.2) is 5.96 Å². The van der Waals surface area contributed by atoms with E-state index in [4.69, 9.17) is 31.1 Å². The number of ether oxygens (including phenoxy) is 3. The molecule has 0 aliphatic carbocycles. The molecule has 0 saturated carbocycles. The van der Waals surface area contributed by atoms with Crippen LogP contribution in [-0.4, -0.2) is 216 Å². The molecular weight excluding hydrogens is 1210 g/mol. The number of nitrogens with two attached hydrogens (primary N) is 2. The summed E-state index contributed by atoms with van der Waals surface area (Å²) in [5.74, 6) is -6.58. The molecule has 32 nitrogen and oxygen atoms in total. The Morgan fingerprint density at radius 3 is 2.07 bits per heavy atom. The number of aliphatic hydroxyl groups is 1. The highest BCUT2D eigenvalue weighted by Crippen LogP contribution is 2.33. The highest BCUT2D eigenvalue weighted by molar-refractivity contribution is 8.00. The van der Waals surface area contributed by atoms with Crippen LogP contribution >= 0.6 is 11.8 Å². The number of unbranched alkanes of at least 4 members (excludes halogenated alkanes) is 1. The van der Waals surface area contributed by atoms with E-state index in [1.54, 1.807) is 30.3 Å². The van der Waals surface area contributed by atoms with Crippen molar-refractivity contribution in [3.05, 3.63) is 77.6 Å². The van der Waals surface area contributed by atoms with Crippen molar-refractivity contribution < 1.29 is 72.4 Å². The molecule has 3 aliphatic heterocycles. The summed E-state index contributed by atoms with van der Waals surface area (Å²) in [6.45, 7) is -0.787. The number of aryl methyl sites for hydroxylation is 1. The zero-order valence-electron chi connectivity index (χ0n) is 50.5. The molecular formula is C58H85N17O15S. The van der Waals surface area contributed by atoms with Gasteiger partial charge in [-0.25, -0.2) is 4.79 Å². The summed E-state index contributed by atoms with van der Waals surface area (Å²) >= 11 is 1.84. The van der Waals surface area contributed by atoms with Gasteiger partial charge in [-0.3, -0.25) is 53.2 Å². The summed E-state index contributed by atoms with van der Waals surface area (Å²) in [5, 5.41) is 65.8. The van der Waals surface area contributed by atoms with Crippen molar-refractivity contribution in [3.63, 3.8) is 0 Å². The van der Waals surface area contributed by atoms with Crippen LogP contribution in [0.1, 0.15) is 74.6 Å². The van der Waals surface area contributed by atoms with E-state index in [2.05, 4.69) is 68.8 Å². The van der Waals surface area contributed by atoms with Crippen LogP contribution in [0.3, 0.4) is 0 Å². The molecule has 2 bridgehead atoms. The molecule has 3 aromatic rings. The minimum atomic E-state index is -1.57. The second-order valence-corrected chi connectivity index (χ2v) is 23.3. The Kier molecular flexibility index (Phi) is 29.9. The molecule has 2 fully saturated rings. The zero-order valence-corrected chi connectivity index (χ0v) is 51.4. The van der Waals surface area contributed by atoms with E-state index in [0.29, 0.717) is 42.2 Å². The molecule has 1 unspecified atom stereocenters. The van der Waals surface area contributed by atoms with Crippen molar-refractivity contribution in [1.82, 2.24) is 73.5 Å². The summed E-state index contributed by atoms with van der Waals surface area (Å²) in [6, 6.07) is 6.05. The fourth-order valence-corrected chi connectivity index (χ4v) is 11.6. The van der Waals surface area contributed by atoms with Crippen LogP contribution in [-0.2, 0) is 83.2 Å². The zero-order chi connectivity index (χ0) is 65.5. The Morgan fingerprint density at radius 1 is 0.692 bits per heavy atom. The minimum Gasteiger partial charge on any atom is -0.508 e. The number of thioether (sulfide) groups is 1. The lowest BCUT2D eigenvalue weighted by Gasteiger charge is -2.27. The average Bonchev–Trinajstić information content (AvgIpc) is 2.65. The molecule has 0 spiro atoms. The molecule has 0 radical (unpaired) electrons. The third-order valence-corrected chi connectivity index (χ3v) is 16.4. The number of aromatic nitrogens is 3. The number of hydrogen-bond donors (Lipinski definition) is 16. The maximum absolute atomic E-state index is 14.8. The molecule has 33 heteroatoms. The number of urea groups is 1. The third kappa shape index (κ3) is 25.6. The lowest BCUT2D eigenvalue weighted by Crippen LogP contribution is -2.60. The highest BCUT2D eigenvalue weighted by Gasteiger charge is 2.42. The molecule has 2 saturated heterocycles. The summed E-state index contributed by atoms with van der Waals surface area (Å²) in [4.78, 5) is 134. The number of hydrogen-bond acceptors (Lipinski definition) is 19. The average molecular weight is 1290 g/mol. The van der Waals surface area contributed by atoms with E-state index in [-0.39, 0.29) is 126 Å². The number of phenols is 1. The van der Waals surface area contributed by atoms with Crippen molar-refractivity contribution in [2.75, 3.05) is 71.6 Å². The lowest BCUT2D eigenvalue weighted by molar-refractivity contribution is -0.135. The van der Waals surface area contributed by atoms with Crippen LogP contribution < -0.4 is 70.0 Å². The van der Waals surface area contributed by atoms with Crippen LogP contribution in [0.25, 0.3) is 0 Å². The van der Waals surface area contributed by atoms with Crippen molar-refractivity contribution in [2.45, 2.75) is 137 Å². The Labute approximate surface area is 529 Å². The summed E-state index contributed by atoms with van der Waals surface area (Å²) in [7, 11) is 0. The number of phenolic OH excluding ortho intramolecular Hbond substituents is 1. The number of rotatable bonds is 27. The van der Waals surface area contributed by atoms with Crippen LogP contribution in [0.4, 0.5) is 4.79 Å². The van der Waals surface area contributed by atoms with Crippen LogP contribution in [0, 0.1) is 5.41 Å². The van der Waals surface area contributed by atoms with Gasteiger partial charge in [-0.1, -0.05) is 54.1 Å². The van der Waals surface area contributed by atoms with Gasteiger partial charge >= 0.3 is 6.03 Å². The number of aliphatic hydroxyl groups excluding tert-OH is 1. The predicted molar refractivity (Wildman–Crippen MR) is 329 cm³/mol. The number of primary amides is 1. The van der Waals surface area contributed by atoms with Crippen molar-refractivity contribution in [3.8, 4) is 5.75 Å². The smallest absolute Gasteiger partial charge is 0.315 e. The number of carbonyl (C=O) groups is 10. The standard InChI is InChI=1S/C58H85N17O15S/c59-51(81)39-11-6-7-21-75-31-37(73-74-75)29-43(65-49(80)33-90-26-25-89-24-23-88-22-20-62-47(78)14-5-4-13-46-50-45(34-91-46)71-58(87)72-50)55(85)70-42(28-36-15-17-38(77)18-16-36)54(84)69-41(27-35-9-2-1-3-10-35)53(83)68-40(12-8-19-63-57(60)61)52(82)64-30-48(79)66-44(32-76)56(86)67-39/h1-3,9-10,15-18,31,39-46,50,76-77H,4-8,11-14,19-30,32-34H2,(H2,59,81)(H,62,78)(H,64,82)(H,65,80)(H,66,79)(H,67,86)(H,68,83)(H,69,84)(H,70,85)(H4,60,61,63)(H2,71,72,87)/t39-,40?,41+,42+,43-,44+,45+,46+,50+/m0/s1. The molecule has 9 atom stereocenters. The molecule has 11 amide bonds. The SMILES string of the molecule is N=C(N)NCCCC1NC(=O)[C@@H](Cc2ccccc2)NC(=O)[C@@H](Cc2ccc(O)cc2)NC(=O)[C@@H](NC(=O)COCCOCCOCCNC(=O)CCCC[C@H]2SC[C@H]3NC(=O)N[C@H]32)Cc2cn(nn2)CCCC[C@@H](C(N)=O)NC(=O)[C@@H](CO)NC(=O)CNC1=O. The summed E-state index contributed by atoms with van der Waals surface area (Å²) in [5.41, 5.74) is 12.4. The molecule has 18 N–H and O–H groups in total. The molecule has 2 aromatic carbocycles. The second kappa shape index (κ2) is 38.1. The van der Waals surface area contributed by atoms with E-state index in [9.17, 15) is 58.2 Å². The van der Waals surface area contributed by atoms with Gasteiger partial charge in [0, 0.05) is 62.5 Å². The summed E-state index contributed by atoms with van der Waals surface area (Å²) < 4.78 is 18.2. The predicted octanol–water partition coefficient (Wildman–Crippen LogP) is -4.15. The van der Waals surface area contributed by atoms with E-state index in [1.807, 2.05) is 11.8 Å². The van der Waals surface area contributed by atoms with Gasteiger partial charge in [-0.2, -0.15) is 11.8 Å². The van der Waals surface area contributed by atoms with Crippen LogP contribution in [0.15, 0.2) is 60.8 Å². The number of fused-ring (bicyclic) bond motifs is 3. The number of benzene rings is 2. The fraction of sp³-hybridized carbons (Fsp3) is 0.569. The van der Waals surface area contributed by atoms with E-state index in [0.717, 1.165) is 25.0 Å². The number of nitrogens with one attached hydrogen (secondary N) is 12. The lowest BCUT2D eigenvalue weighted by atomic mass is 10.0. The van der Waals surface area contributed by atoms with E-state index < -0.39 is 103 Å². The number of carbonyl (C=O) groups excluding carboxylic acids is 10. The van der Waals surface area contributed by atoms with Gasteiger partial charge in [-0.15, -0.1) is 5.10 Å². The number of nitrogens with zero attached hydrogens (tertiary/aromatic N) is 3. The van der Waals surface area contributed by atoms with Gasteiger partial charge in [0.2, 0.25) is 53.2 Å². The monoisotopic (exact) mass is 1290 g/mol. The van der Waals surface area contributed by atoms with Gasteiger partial charge in [0.25, 0.3) is 0 Å². The topological polar surface area (TPSA) is 478 Å². The first-order chi connectivity index (χ1) is 43.8. The Morgan fingerprint density at radius 2 is 1.36 bits per heavy atom.